The number of nitrogens with one attached hydrogen (secondary N) is 3. The molecule has 1 atom stereocenters. The molecular weight excluding hydrogens is 432 g/mol. The van der Waals surface area contributed by atoms with E-state index in [0.29, 0.717) is 28.4 Å². The summed E-state index contributed by atoms with van der Waals surface area (Å²) in [4.78, 5) is 35.8. The van der Waals surface area contributed by atoms with Gasteiger partial charge < -0.3 is 15.4 Å². The van der Waals surface area contributed by atoms with Gasteiger partial charge in [0.25, 0.3) is 5.91 Å². The number of hydrogen-bond acceptors (Lipinski definition) is 5. The van der Waals surface area contributed by atoms with E-state index in [4.69, 9.17) is 16.3 Å². The van der Waals surface area contributed by atoms with E-state index in [1.54, 1.807) is 25.1 Å². The van der Waals surface area contributed by atoms with Gasteiger partial charge in [-0.2, -0.15) is 5.10 Å². The first-order valence-corrected chi connectivity index (χ1v) is 10.6. The summed E-state index contributed by atoms with van der Waals surface area (Å²) in [6.45, 7) is 5.51. The number of carbonyl (C=O) groups is 3. The molecule has 170 valence electrons. The number of hydrazone groups is 1. The van der Waals surface area contributed by atoms with Crippen molar-refractivity contribution in [3.05, 3.63) is 58.6 Å². The Labute approximate surface area is 192 Å². The van der Waals surface area contributed by atoms with Gasteiger partial charge in [0.15, 0.2) is 6.61 Å². The molecule has 0 saturated heterocycles. The Morgan fingerprint density at radius 2 is 1.81 bits per heavy atom. The number of hydrogen-bond donors (Lipinski definition) is 3. The van der Waals surface area contributed by atoms with Crippen molar-refractivity contribution in [3.63, 3.8) is 0 Å². The van der Waals surface area contributed by atoms with Crippen LogP contribution in [0, 0.1) is 0 Å². The van der Waals surface area contributed by atoms with E-state index in [9.17, 15) is 14.4 Å². The molecule has 0 spiro atoms. The molecule has 9 heteroatoms. The van der Waals surface area contributed by atoms with Gasteiger partial charge in [0.2, 0.25) is 0 Å². The first kappa shape index (κ1) is 24.9. The van der Waals surface area contributed by atoms with Crippen molar-refractivity contribution in [2.24, 2.45) is 5.10 Å². The number of amides is 3. The van der Waals surface area contributed by atoms with Crippen LogP contribution in [-0.2, 0) is 20.8 Å². The molecule has 32 heavy (non-hydrogen) atoms. The van der Waals surface area contributed by atoms with Gasteiger partial charge in [0.05, 0.1) is 6.21 Å². The normalized spacial score (nSPS) is 11.6. The molecule has 2 aromatic rings. The maximum atomic E-state index is 12.2. The van der Waals surface area contributed by atoms with Crippen LogP contribution >= 0.6 is 11.6 Å². The summed E-state index contributed by atoms with van der Waals surface area (Å²) in [7, 11) is 0. The number of nitrogens with zero attached hydrogens (tertiary/aromatic N) is 1. The molecule has 3 amide bonds. The average Bonchev–Trinajstić information content (AvgIpc) is 2.78. The maximum absolute atomic E-state index is 12.2. The second-order valence-corrected chi connectivity index (χ2v) is 7.49. The zero-order valence-corrected chi connectivity index (χ0v) is 19.0. The molecule has 3 N–H and O–H groups in total. The van der Waals surface area contributed by atoms with E-state index in [2.05, 4.69) is 28.1 Å². The summed E-state index contributed by atoms with van der Waals surface area (Å²) in [5, 5.41) is 9.50. The summed E-state index contributed by atoms with van der Waals surface area (Å²) >= 11 is 6.03. The van der Waals surface area contributed by atoms with Gasteiger partial charge >= 0.3 is 11.8 Å². The van der Waals surface area contributed by atoms with Gasteiger partial charge in [-0.25, -0.2) is 5.43 Å². The standard InChI is InChI=1S/C23H27ClN4O4/c1-4-15(3)26-22(30)23(31)28-25-13-17-12-18(24)8-11-20(17)32-14-21(29)27-19-9-6-16(5-2)7-10-19/h6-13,15H,4-5,14H2,1-3H3,(H,26,30)(H,27,29)(H,28,31)/b25-13-/t15-/m1/s1. The quantitative estimate of drug-likeness (QED) is 0.304. The van der Waals surface area contributed by atoms with Crippen molar-refractivity contribution in [1.82, 2.24) is 10.7 Å². The van der Waals surface area contributed by atoms with E-state index in [-0.39, 0.29) is 18.6 Å². The minimum Gasteiger partial charge on any atom is -0.483 e. The second-order valence-electron chi connectivity index (χ2n) is 7.05. The Balaban J connectivity index is 1.95. The summed E-state index contributed by atoms with van der Waals surface area (Å²) in [5.41, 5.74) is 4.43. The summed E-state index contributed by atoms with van der Waals surface area (Å²) < 4.78 is 5.59. The van der Waals surface area contributed by atoms with Crippen LogP contribution in [-0.4, -0.2) is 36.6 Å². The predicted octanol–water partition coefficient (Wildman–Crippen LogP) is 3.28. The second kappa shape index (κ2) is 12.5. The number of rotatable bonds is 9. The van der Waals surface area contributed by atoms with Crippen molar-refractivity contribution in [3.8, 4) is 5.75 Å². The molecule has 0 aliphatic carbocycles. The van der Waals surface area contributed by atoms with Gasteiger partial charge in [-0.05, 0) is 55.7 Å². The Morgan fingerprint density at radius 1 is 1.09 bits per heavy atom. The van der Waals surface area contributed by atoms with Crippen LogP contribution in [0.15, 0.2) is 47.6 Å². The average molecular weight is 459 g/mol. The molecule has 0 saturated carbocycles. The third kappa shape index (κ3) is 8.03. The van der Waals surface area contributed by atoms with E-state index < -0.39 is 11.8 Å². The van der Waals surface area contributed by atoms with Crippen LogP contribution < -0.4 is 20.8 Å². The molecule has 0 radical (unpaired) electrons. The monoisotopic (exact) mass is 458 g/mol. The summed E-state index contributed by atoms with van der Waals surface area (Å²) in [6.07, 6.45) is 2.90. The lowest BCUT2D eigenvalue weighted by molar-refractivity contribution is -0.139. The lowest BCUT2D eigenvalue weighted by Crippen LogP contribution is -2.41. The zero-order chi connectivity index (χ0) is 23.5. The third-order valence-corrected chi connectivity index (χ3v) is 4.78. The number of benzene rings is 2. The lowest BCUT2D eigenvalue weighted by Gasteiger charge is -2.11. The number of anilines is 1. The van der Waals surface area contributed by atoms with Crippen molar-refractivity contribution >= 4 is 41.2 Å². The number of carbonyl (C=O) groups excluding carboxylic acids is 3. The van der Waals surface area contributed by atoms with Crippen molar-refractivity contribution in [2.75, 3.05) is 11.9 Å². The molecule has 0 unspecified atom stereocenters. The highest BCUT2D eigenvalue weighted by molar-refractivity contribution is 6.35. The lowest BCUT2D eigenvalue weighted by atomic mass is 10.1. The molecule has 0 heterocycles. The molecule has 2 aromatic carbocycles. The minimum atomic E-state index is -0.889. The van der Waals surface area contributed by atoms with Crippen LogP contribution in [0.4, 0.5) is 5.69 Å². The Morgan fingerprint density at radius 3 is 2.47 bits per heavy atom. The Kier molecular flexibility index (Phi) is 9.69. The smallest absolute Gasteiger partial charge is 0.329 e. The molecule has 0 aromatic heterocycles. The van der Waals surface area contributed by atoms with Gasteiger partial charge in [-0.15, -0.1) is 0 Å². The van der Waals surface area contributed by atoms with Gasteiger partial charge in [0.1, 0.15) is 5.75 Å². The number of ether oxygens (including phenoxy) is 1. The van der Waals surface area contributed by atoms with Crippen LogP contribution in [0.2, 0.25) is 5.02 Å². The zero-order valence-electron chi connectivity index (χ0n) is 18.3. The Bertz CT molecular complexity index is 976. The minimum absolute atomic E-state index is 0.124. The van der Waals surface area contributed by atoms with Gasteiger partial charge in [-0.1, -0.05) is 37.6 Å². The number of halogens is 1. The highest BCUT2D eigenvalue weighted by atomic mass is 35.5. The first-order valence-electron chi connectivity index (χ1n) is 10.3. The van der Waals surface area contributed by atoms with Gasteiger partial charge in [0, 0.05) is 22.3 Å². The molecule has 0 bridgehead atoms. The van der Waals surface area contributed by atoms with E-state index in [1.165, 1.54) is 11.8 Å². The first-order chi connectivity index (χ1) is 15.3. The molecule has 0 aliphatic heterocycles. The predicted molar refractivity (Wildman–Crippen MR) is 125 cm³/mol. The molecule has 8 nitrogen and oxygen atoms in total. The molecule has 2 rings (SSSR count). The Hall–Kier alpha value is -3.39. The maximum Gasteiger partial charge on any atom is 0.329 e. The fraction of sp³-hybridized carbons (Fsp3) is 0.304. The fourth-order valence-corrected chi connectivity index (χ4v) is 2.70. The topological polar surface area (TPSA) is 109 Å². The largest absolute Gasteiger partial charge is 0.483 e. The molecule has 0 aliphatic rings. The van der Waals surface area contributed by atoms with Crippen molar-refractivity contribution in [1.29, 1.82) is 0 Å². The summed E-state index contributed by atoms with van der Waals surface area (Å²) in [6, 6.07) is 12.2. The SMILES string of the molecule is CCc1ccc(NC(=O)COc2ccc(Cl)cc2/C=N\NC(=O)C(=O)N[C@H](C)CC)cc1. The number of aryl methyl sites for hydroxylation is 1. The third-order valence-electron chi connectivity index (χ3n) is 4.54. The van der Waals surface area contributed by atoms with E-state index in [1.807, 2.05) is 31.2 Å². The summed E-state index contributed by atoms with van der Waals surface area (Å²) in [5.74, 6) is -1.66. The van der Waals surface area contributed by atoms with Crippen LogP contribution in [0.3, 0.4) is 0 Å². The van der Waals surface area contributed by atoms with Crippen LogP contribution in [0.25, 0.3) is 0 Å². The van der Waals surface area contributed by atoms with Crippen LogP contribution in [0.1, 0.15) is 38.3 Å². The van der Waals surface area contributed by atoms with Crippen molar-refractivity contribution < 1.29 is 19.1 Å². The van der Waals surface area contributed by atoms with Gasteiger partial charge in [-0.3, -0.25) is 14.4 Å². The van der Waals surface area contributed by atoms with Crippen molar-refractivity contribution in [2.45, 2.75) is 39.7 Å². The van der Waals surface area contributed by atoms with E-state index >= 15 is 0 Å². The highest BCUT2D eigenvalue weighted by Gasteiger charge is 2.14. The molecular formula is C23H27ClN4O4. The highest BCUT2D eigenvalue weighted by Crippen LogP contribution is 2.21. The fourth-order valence-electron chi connectivity index (χ4n) is 2.52. The van der Waals surface area contributed by atoms with Crippen LogP contribution in [0.5, 0.6) is 5.75 Å². The molecule has 0 fully saturated rings. The van der Waals surface area contributed by atoms with E-state index in [0.717, 1.165) is 6.42 Å².